The molecule has 32 heavy (non-hydrogen) atoms. The smallest absolute Gasteiger partial charge is 0.303 e. The van der Waals surface area contributed by atoms with Crippen LogP contribution in [0.5, 0.6) is 0 Å². The van der Waals surface area contributed by atoms with Gasteiger partial charge in [0.25, 0.3) is 0 Å². The van der Waals surface area contributed by atoms with Crippen LogP contribution in [0.15, 0.2) is 0 Å². The molecule has 0 rings (SSSR count). The molecule has 0 aromatic carbocycles. The summed E-state index contributed by atoms with van der Waals surface area (Å²) in [5, 5.41) is 14.1. The van der Waals surface area contributed by atoms with E-state index in [1.807, 2.05) is 0 Å². The molecule has 0 radical (unpaired) electrons. The van der Waals surface area contributed by atoms with Gasteiger partial charge < -0.3 is 9.84 Å². The summed E-state index contributed by atoms with van der Waals surface area (Å²) in [4.78, 5) is 10.9. The van der Waals surface area contributed by atoms with Crippen molar-refractivity contribution in [2.24, 2.45) is 16.0 Å². The van der Waals surface area contributed by atoms with E-state index in [0.29, 0.717) is 11.8 Å². The molecule has 0 aliphatic carbocycles. The molecule has 7 heteroatoms. The van der Waals surface area contributed by atoms with Crippen LogP contribution in [0.2, 0.25) is 0 Å². The Hall–Kier alpha value is -0.660. The van der Waals surface area contributed by atoms with Gasteiger partial charge in [0.15, 0.2) is 0 Å². The molecule has 0 aromatic heterocycles. The van der Waals surface area contributed by atoms with Gasteiger partial charge >= 0.3 is 5.97 Å². The minimum atomic E-state index is -3.35. The maximum absolute atomic E-state index is 11.1. The number of carbonyl (C=O) groups is 1. The Kier molecular flexibility index (Phi) is 16.5. The molecule has 0 fully saturated rings. The number of rotatable bonds is 22. The van der Waals surface area contributed by atoms with Crippen LogP contribution in [0.4, 0.5) is 0 Å². The van der Waals surface area contributed by atoms with E-state index in [0.717, 1.165) is 96.7 Å². The van der Waals surface area contributed by atoms with Gasteiger partial charge in [-0.25, -0.2) is 13.6 Å². The number of nitrogens with two attached hydrogens (primary N) is 1. The lowest BCUT2D eigenvalue weighted by Gasteiger charge is -2.32. The Morgan fingerprint density at radius 2 is 1.16 bits per heavy atom. The molecular weight excluding hydrogens is 426 g/mol. The topological polar surface area (TPSA) is 107 Å². The molecule has 192 valence electrons. The highest BCUT2D eigenvalue weighted by Gasteiger charge is 2.26. The second kappa shape index (κ2) is 16.9. The first-order valence-corrected chi connectivity index (χ1v) is 14.6. The zero-order valence-electron chi connectivity index (χ0n) is 21.3. The number of unbranched alkanes of at least 4 members (excludes halogenated alkanes) is 3. The number of sulfonamides is 1. The summed E-state index contributed by atoms with van der Waals surface area (Å²) >= 11 is 0. The minimum absolute atomic E-state index is 0.0849. The van der Waals surface area contributed by atoms with Gasteiger partial charge in [-0.15, -0.1) is 0 Å². The van der Waals surface area contributed by atoms with Gasteiger partial charge in [0, 0.05) is 19.6 Å². The summed E-state index contributed by atoms with van der Waals surface area (Å²) < 4.78 is 28.1. The zero-order chi connectivity index (χ0) is 24.5. The Labute approximate surface area is 198 Å². The van der Waals surface area contributed by atoms with Crippen molar-refractivity contribution in [1.29, 1.82) is 0 Å². The Balaban J connectivity index is 4.04. The number of primary sulfonamides is 1. The van der Waals surface area contributed by atoms with Gasteiger partial charge in [-0.3, -0.25) is 4.79 Å². The van der Waals surface area contributed by atoms with Crippen LogP contribution >= 0.6 is 0 Å². The quantitative estimate of drug-likeness (QED) is 0.178. The molecule has 0 bridgehead atoms. The average Bonchev–Trinajstić information content (AvgIpc) is 2.75. The molecule has 0 unspecified atom stereocenters. The van der Waals surface area contributed by atoms with E-state index >= 15 is 0 Å². The van der Waals surface area contributed by atoms with E-state index in [4.69, 9.17) is 15.0 Å². The summed E-state index contributed by atoms with van der Waals surface area (Å²) in [5.74, 6) is -0.611. The van der Waals surface area contributed by atoms with Crippen molar-refractivity contribution >= 4 is 16.0 Å². The van der Waals surface area contributed by atoms with Gasteiger partial charge in [0.2, 0.25) is 10.0 Å². The summed E-state index contributed by atoms with van der Waals surface area (Å²) in [7, 11) is -3.35. The first-order valence-electron chi connectivity index (χ1n) is 12.9. The third-order valence-electron chi connectivity index (χ3n) is 7.75. The van der Waals surface area contributed by atoms with Crippen LogP contribution in [0.1, 0.15) is 124 Å². The maximum Gasteiger partial charge on any atom is 0.303 e. The lowest BCUT2D eigenvalue weighted by molar-refractivity contribution is -0.137. The average molecular weight is 478 g/mol. The summed E-state index contributed by atoms with van der Waals surface area (Å²) in [6.07, 6.45) is 14.6. The number of aliphatic carboxylic acids is 1. The summed E-state index contributed by atoms with van der Waals surface area (Å²) in [5.41, 5.74) is 0.467. The highest BCUT2D eigenvalue weighted by Crippen LogP contribution is 2.38. The molecule has 0 amide bonds. The second-order valence-corrected chi connectivity index (χ2v) is 11.4. The third kappa shape index (κ3) is 14.5. The van der Waals surface area contributed by atoms with Crippen LogP contribution < -0.4 is 5.14 Å². The number of carboxylic acids is 1. The SMILES string of the molecule is CCC(CC)(CCCCOCCCCC(CC)(CC)CCC(=O)O)CCCCS(N)(=O)=O. The number of ether oxygens (including phenoxy) is 1. The van der Waals surface area contributed by atoms with Gasteiger partial charge in [0.1, 0.15) is 0 Å². The van der Waals surface area contributed by atoms with E-state index in [1.54, 1.807) is 0 Å². The maximum atomic E-state index is 11.1. The van der Waals surface area contributed by atoms with Gasteiger partial charge in [-0.05, 0) is 55.8 Å². The Morgan fingerprint density at radius 1 is 0.750 bits per heavy atom. The standard InChI is InChI=1S/C25H51NO5S/c1-5-24(6-2,18-11-14-22-32(26,29)30)16-9-12-20-31-21-13-10-17-25(7-3,8-4)19-15-23(27)28/h5-22H2,1-4H3,(H,27,28)(H2,26,29,30). The monoisotopic (exact) mass is 477 g/mol. The number of hydrogen-bond acceptors (Lipinski definition) is 4. The molecule has 6 nitrogen and oxygen atoms in total. The van der Waals surface area contributed by atoms with Crippen molar-refractivity contribution in [3.8, 4) is 0 Å². The molecule has 0 heterocycles. The van der Waals surface area contributed by atoms with Crippen LogP contribution in [0.3, 0.4) is 0 Å². The molecule has 0 spiro atoms. The highest BCUT2D eigenvalue weighted by atomic mass is 32.2. The van der Waals surface area contributed by atoms with E-state index < -0.39 is 16.0 Å². The van der Waals surface area contributed by atoms with Crippen LogP contribution in [0, 0.1) is 10.8 Å². The predicted molar refractivity (Wildman–Crippen MR) is 133 cm³/mol. The molecule has 0 saturated heterocycles. The van der Waals surface area contributed by atoms with Crippen molar-refractivity contribution in [2.45, 2.75) is 124 Å². The number of carboxylic acid groups (broad SMARTS) is 1. The van der Waals surface area contributed by atoms with Gasteiger partial charge in [-0.2, -0.15) is 0 Å². The third-order valence-corrected chi connectivity index (χ3v) is 8.60. The van der Waals surface area contributed by atoms with Crippen molar-refractivity contribution in [3.05, 3.63) is 0 Å². The van der Waals surface area contributed by atoms with Crippen molar-refractivity contribution in [2.75, 3.05) is 19.0 Å². The molecule has 0 aliphatic rings. The fraction of sp³-hybridized carbons (Fsp3) is 0.960. The summed E-state index contributed by atoms with van der Waals surface area (Å²) in [6.45, 7) is 10.4. The van der Waals surface area contributed by atoms with E-state index in [9.17, 15) is 13.2 Å². The van der Waals surface area contributed by atoms with Crippen LogP contribution in [-0.4, -0.2) is 38.5 Å². The second-order valence-electron chi connectivity index (χ2n) is 9.66. The molecule has 0 atom stereocenters. The normalized spacial score (nSPS) is 12.9. The lowest BCUT2D eigenvalue weighted by Crippen LogP contribution is -2.21. The van der Waals surface area contributed by atoms with Crippen molar-refractivity contribution in [3.63, 3.8) is 0 Å². The largest absolute Gasteiger partial charge is 0.481 e. The molecule has 0 saturated carbocycles. The molecular formula is C25H51NO5S. The van der Waals surface area contributed by atoms with Gasteiger partial charge in [0.05, 0.1) is 5.75 Å². The van der Waals surface area contributed by atoms with E-state index in [2.05, 4.69) is 27.7 Å². The lowest BCUT2D eigenvalue weighted by atomic mass is 9.74. The molecule has 3 N–H and O–H groups in total. The van der Waals surface area contributed by atoms with Crippen LogP contribution in [-0.2, 0) is 19.6 Å². The minimum Gasteiger partial charge on any atom is -0.481 e. The van der Waals surface area contributed by atoms with Gasteiger partial charge in [-0.1, -0.05) is 72.6 Å². The first kappa shape index (κ1) is 31.3. The fourth-order valence-electron chi connectivity index (χ4n) is 4.85. The highest BCUT2D eigenvalue weighted by molar-refractivity contribution is 7.89. The first-order chi connectivity index (χ1) is 15.1. The predicted octanol–water partition coefficient (Wildman–Crippen LogP) is 6.28. The Morgan fingerprint density at radius 3 is 1.53 bits per heavy atom. The molecule has 0 aromatic rings. The zero-order valence-corrected chi connectivity index (χ0v) is 22.1. The fourth-order valence-corrected chi connectivity index (χ4v) is 5.46. The van der Waals surface area contributed by atoms with E-state index in [1.165, 1.54) is 0 Å². The van der Waals surface area contributed by atoms with Crippen LogP contribution in [0.25, 0.3) is 0 Å². The van der Waals surface area contributed by atoms with Crippen molar-refractivity contribution < 1.29 is 23.1 Å². The van der Waals surface area contributed by atoms with Crippen molar-refractivity contribution in [1.82, 2.24) is 0 Å². The summed E-state index contributed by atoms with van der Waals surface area (Å²) in [6, 6.07) is 0. The van der Waals surface area contributed by atoms with E-state index in [-0.39, 0.29) is 17.6 Å². The molecule has 0 aliphatic heterocycles. The Bertz CT molecular complexity index is 583. The number of hydrogen-bond donors (Lipinski definition) is 2.